The summed E-state index contributed by atoms with van der Waals surface area (Å²) < 4.78 is 0. The minimum absolute atomic E-state index is 0.907. The summed E-state index contributed by atoms with van der Waals surface area (Å²) in [5.74, 6) is 0.969. The van der Waals surface area contributed by atoms with Gasteiger partial charge in [0.25, 0.3) is 0 Å². The van der Waals surface area contributed by atoms with Crippen LogP contribution in [0.15, 0.2) is 0 Å². The van der Waals surface area contributed by atoms with E-state index in [0.717, 1.165) is 12.0 Å². The van der Waals surface area contributed by atoms with Crippen molar-refractivity contribution in [1.29, 1.82) is 0 Å². The number of piperidine rings is 1. The standard InChI is InChI=1S/C14H28N2/c1-2-14-8-5-11-16(14)10-4-7-13-6-3-9-15-12-13/h13-15H,2-12H2,1H3. The summed E-state index contributed by atoms with van der Waals surface area (Å²) >= 11 is 0. The Morgan fingerprint density at radius 3 is 2.94 bits per heavy atom. The molecule has 2 fully saturated rings. The predicted molar refractivity (Wildman–Crippen MR) is 69.7 cm³/mol. The number of nitrogens with zero attached hydrogens (tertiary/aromatic N) is 1. The molecule has 1 N–H and O–H groups in total. The molecular weight excluding hydrogens is 196 g/mol. The highest BCUT2D eigenvalue weighted by Gasteiger charge is 2.22. The van der Waals surface area contributed by atoms with Crippen molar-refractivity contribution in [2.75, 3.05) is 26.2 Å². The van der Waals surface area contributed by atoms with Gasteiger partial charge in [0, 0.05) is 6.04 Å². The van der Waals surface area contributed by atoms with E-state index in [1.807, 2.05) is 0 Å². The Kier molecular flexibility index (Phi) is 5.11. The molecule has 2 atom stereocenters. The number of hydrogen-bond acceptors (Lipinski definition) is 2. The highest BCUT2D eigenvalue weighted by Crippen LogP contribution is 2.22. The lowest BCUT2D eigenvalue weighted by Gasteiger charge is -2.26. The van der Waals surface area contributed by atoms with Crippen LogP contribution < -0.4 is 5.32 Å². The Morgan fingerprint density at radius 2 is 2.19 bits per heavy atom. The Hall–Kier alpha value is -0.0800. The topological polar surface area (TPSA) is 15.3 Å². The van der Waals surface area contributed by atoms with E-state index in [0.29, 0.717) is 0 Å². The van der Waals surface area contributed by atoms with Crippen LogP contribution in [-0.4, -0.2) is 37.1 Å². The number of hydrogen-bond donors (Lipinski definition) is 1. The number of likely N-dealkylation sites (tertiary alicyclic amines) is 1. The summed E-state index contributed by atoms with van der Waals surface area (Å²) in [6, 6.07) is 0.907. The van der Waals surface area contributed by atoms with Crippen LogP contribution in [-0.2, 0) is 0 Å². The summed E-state index contributed by atoms with van der Waals surface area (Å²) in [4.78, 5) is 2.73. The van der Waals surface area contributed by atoms with Gasteiger partial charge in [-0.25, -0.2) is 0 Å². The van der Waals surface area contributed by atoms with Crippen molar-refractivity contribution in [3.63, 3.8) is 0 Å². The maximum Gasteiger partial charge on any atom is 0.00931 e. The summed E-state index contributed by atoms with van der Waals surface area (Å²) in [6.45, 7) is 7.59. The zero-order chi connectivity index (χ0) is 11.2. The normalized spacial score (nSPS) is 32.1. The molecule has 16 heavy (non-hydrogen) atoms. The van der Waals surface area contributed by atoms with E-state index in [4.69, 9.17) is 0 Å². The SMILES string of the molecule is CCC1CCCN1CCCC1CCCNC1. The maximum atomic E-state index is 3.52. The first-order valence-electron chi connectivity index (χ1n) is 7.35. The molecule has 2 heteroatoms. The van der Waals surface area contributed by atoms with E-state index < -0.39 is 0 Å². The van der Waals surface area contributed by atoms with Gasteiger partial charge in [-0.1, -0.05) is 6.92 Å². The first-order valence-corrected chi connectivity index (χ1v) is 7.35. The van der Waals surface area contributed by atoms with E-state index in [1.165, 1.54) is 71.1 Å². The summed E-state index contributed by atoms with van der Waals surface area (Å²) in [6.07, 6.45) is 9.95. The van der Waals surface area contributed by atoms with E-state index >= 15 is 0 Å². The van der Waals surface area contributed by atoms with Crippen LogP contribution in [0.1, 0.15) is 51.9 Å². The first-order chi connectivity index (χ1) is 7.90. The minimum atomic E-state index is 0.907. The maximum absolute atomic E-state index is 3.52. The third kappa shape index (κ3) is 3.46. The van der Waals surface area contributed by atoms with Crippen LogP contribution in [0.3, 0.4) is 0 Å². The quantitative estimate of drug-likeness (QED) is 0.772. The van der Waals surface area contributed by atoms with Crippen molar-refractivity contribution < 1.29 is 0 Å². The fourth-order valence-electron chi connectivity index (χ4n) is 3.41. The van der Waals surface area contributed by atoms with E-state index in [1.54, 1.807) is 0 Å². The van der Waals surface area contributed by atoms with Gasteiger partial charge in [0.05, 0.1) is 0 Å². The lowest BCUT2D eigenvalue weighted by molar-refractivity contribution is 0.232. The molecule has 2 nitrogen and oxygen atoms in total. The van der Waals surface area contributed by atoms with Crippen LogP contribution in [0.25, 0.3) is 0 Å². The van der Waals surface area contributed by atoms with Crippen LogP contribution >= 0.6 is 0 Å². The molecule has 2 rings (SSSR count). The fourth-order valence-corrected chi connectivity index (χ4v) is 3.41. The van der Waals surface area contributed by atoms with Crippen molar-refractivity contribution in [3.8, 4) is 0 Å². The molecule has 2 heterocycles. The third-order valence-electron chi connectivity index (χ3n) is 4.43. The third-order valence-corrected chi connectivity index (χ3v) is 4.43. The van der Waals surface area contributed by atoms with E-state index in [2.05, 4.69) is 17.1 Å². The monoisotopic (exact) mass is 224 g/mol. The highest BCUT2D eigenvalue weighted by molar-refractivity contribution is 4.78. The van der Waals surface area contributed by atoms with Crippen molar-refractivity contribution in [3.05, 3.63) is 0 Å². The van der Waals surface area contributed by atoms with Crippen molar-refractivity contribution in [2.45, 2.75) is 57.9 Å². The average molecular weight is 224 g/mol. The summed E-state index contributed by atoms with van der Waals surface area (Å²) in [5, 5.41) is 3.52. The molecule has 0 spiro atoms. The van der Waals surface area contributed by atoms with Gasteiger partial charge in [-0.2, -0.15) is 0 Å². The van der Waals surface area contributed by atoms with E-state index in [-0.39, 0.29) is 0 Å². The molecule has 2 aliphatic heterocycles. The molecule has 2 unspecified atom stereocenters. The van der Waals surface area contributed by atoms with Gasteiger partial charge in [0.2, 0.25) is 0 Å². The molecule has 0 aromatic heterocycles. The van der Waals surface area contributed by atoms with Crippen molar-refractivity contribution >= 4 is 0 Å². The summed E-state index contributed by atoms with van der Waals surface area (Å²) in [7, 11) is 0. The van der Waals surface area contributed by atoms with Crippen LogP contribution in [0.5, 0.6) is 0 Å². The minimum Gasteiger partial charge on any atom is -0.316 e. The molecule has 0 amide bonds. The molecular formula is C14H28N2. The molecule has 0 radical (unpaired) electrons. The highest BCUT2D eigenvalue weighted by atomic mass is 15.2. The van der Waals surface area contributed by atoms with Crippen LogP contribution in [0.2, 0.25) is 0 Å². The zero-order valence-corrected chi connectivity index (χ0v) is 10.9. The number of rotatable bonds is 5. The van der Waals surface area contributed by atoms with Gasteiger partial charge in [-0.05, 0) is 77.0 Å². The van der Waals surface area contributed by atoms with Gasteiger partial charge in [-0.3, -0.25) is 0 Å². The first kappa shape index (κ1) is 12.4. The van der Waals surface area contributed by atoms with Gasteiger partial charge in [0.1, 0.15) is 0 Å². The lowest BCUT2D eigenvalue weighted by atomic mass is 9.94. The lowest BCUT2D eigenvalue weighted by Crippen LogP contribution is -2.32. The zero-order valence-electron chi connectivity index (χ0n) is 10.9. The fraction of sp³-hybridized carbons (Fsp3) is 1.00. The smallest absolute Gasteiger partial charge is 0.00931 e. The Bertz CT molecular complexity index is 187. The van der Waals surface area contributed by atoms with Crippen LogP contribution in [0, 0.1) is 5.92 Å². The molecule has 0 aromatic carbocycles. The molecule has 0 bridgehead atoms. The van der Waals surface area contributed by atoms with Gasteiger partial charge in [0.15, 0.2) is 0 Å². The Balaban J connectivity index is 1.59. The van der Waals surface area contributed by atoms with E-state index in [9.17, 15) is 0 Å². The van der Waals surface area contributed by atoms with Crippen LogP contribution in [0.4, 0.5) is 0 Å². The second-order valence-corrected chi connectivity index (χ2v) is 5.59. The number of nitrogens with one attached hydrogen (secondary N) is 1. The molecule has 0 aliphatic carbocycles. The molecule has 2 saturated heterocycles. The second-order valence-electron chi connectivity index (χ2n) is 5.59. The second kappa shape index (κ2) is 6.61. The largest absolute Gasteiger partial charge is 0.316 e. The van der Waals surface area contributed by atoms with Crippen molar-refractivity contribution in [1.82, 2.24) is 10.2 Å². The average Bonchev–Trinajstić information content (AvgIpc) is 2.78. The molecule has 2 aliphatic rings. The molecule has 0 saturated carbocycles. The van der Waals surface area contributed by atoms with Crippen molar-refractivity contribution in [2.24, 2.45) is 5.92 Å². The van der Waals surface area contributed by atoms with Gasteiger partial charge < -0.3 is 10.2 Å². The van der Waals surface area contributed by atoms with Gasteiger partial charge >= 0.3 is 0 Å². The Labute approximate surface area is 101 Å². The van der Waals surface area contributed by atoms with Gasteiger partial charge in [-0.15, -0.1) is 0 Å². The molecule has 94 valence electrons. The summed E-state index contributed by atoms with van der Waals surface area (Å²) in [5.41, 5.74) is 0. The Morgan fingerprint density at radius 1 is 1.25 bits per heavy atom. The molecule has 0 aromatic rings. The predicted octanol–water partition coefficient (Wildman–Crippen LogP) is 2.64.